The number of methoxy groups -OCH3 is 1. The number of ether oxygens (including phenoxy) is 1. The Morgan fingerprint density at radius 2 is 2.13 bits per heavy atom. The summed E-state index contributed by atoms with van der Waals surface area (Å²) in [6.45, 7) is 2.31. The maximum atomic E-state index is 12.7. The molecular formula is C10H15F2NO2. The minimum atomic E-state index is -1.75. The van der Waals surface area contributed by atoms with Gasteiger partial charge in [0.15, 0.2) is 0 Å². The average molecular weight is 219 g/mol. The summed E-state index contributed by atoms with van der Waals surface area (Å²) in [5.74, 6) is -0.600. The van der Waals surface area contributed by atoms with E-state index >= 15 is 0 Å². The summed E-state index contributed by atoms with van der Waals surface area (Å²) in [7, 11) is 3.02. The highest BCUT2D eigenvalue weighted by atomic mass is 19.3. The Hall–Kier alpha value is -0.970. The lowest BCUT2D eigenvalue weighted by Gasteiger charge is -2.37. The molecule has 1 aliphatic heterocycles. The molecule has 1 aliphatic rings. The molecule has 15 heavy (non-hydrogen) atoms. The summed E-state index contributed by atoms with van der Waals surface area (Å²) in [5, 5.41) is 0. The Labute approximate surface area is 87.7 Å². The van der Waals surface area contributed by atoms with Gasteiger partial charge in [-0.1, -0.05) is 0 Å². The molecule has 1 fully saturated rings. The van der Waals surface area contributed by atoms with Gasteiger partial charge in [0.2, 0.25) is 0 Å². The van der Waals surface area contributed by atoms with Gasteiger partial charge in [0.25, 0.3) is 6.08 Å². The summed E-state index contributed by atoms with van der Waals surface area (Å²) in [4.78, 5) is 13.4. The Balaban J connectivity index is 3.08. The minimum absolute atomic E-state index is 0.0903. The van der Waals surface area contributed by atoms with E-state index in [2.05, 4.69) is 4.74 Å². The van der Waals surface area contributed by atoms with Crippen LogP contribution in [0.3, 0.4) is 0 Å². The van der Waals surface area contributed by atoms with Gasteiger partial charge in [-0.25, -0.2) is 0 Å². The summed E-state index contributed by atoms with van der Waals surface area (Å²) < 4.78 is 30.0. The van der Waals surface area contributed by atoms with Crippen molar-refractivity contribution in [3.63, 3.8) is 0 Å². The average Bonchev–Trinajstić information content (AvgIpc) is 2.15. The number of piperidine rings is 1. The molecule has 1 heterocycles. The first kappa shape index (κ1) is 12.1. The largest absolute Gasteiger partial charge is 0.468 e. The predicted molar refractivity (Wildman–Crippen MR) is 51.5 cm³/mol. The predicted octanol–water partition coefficient (Wildman–Crippen LogP) is 1.65. The van der Waals surface area contributed by atoms with Crippen molar-refractivity contribution in [2.75, 3.05) is 27.2 Å². The number of carbonyl (C=O) groups is 1. The van der Waals surface area contributed by atoms with Crippen molar-refractivity contribution in [2.45, 2.75) is 13.3 Å². The maximum Gasteiger partial charge on any atom is 0.317 e. The van der Waals surface area contributed by atoms with Gasteiger partial charge in [0, 0.05) is 18.7 Å². The van der Waals surface area contributed by atoms with Crippen molar-refractivity contribution >= 4 is 5.97 Å². The molecule has 1 rings (SSSR count). The fraction of sp³-hybridized carbons (Fsp3) is 0.700. The van der Waals surface area contributed by atoms with Crippen LogP contribution in [0.5, 0.6) is 0 Å². The Morgan fingerprint density at radius 1 is 1.53 bits per heavy atom. The van der Waals surface area contributed by atoms with E-state index in [4.69, 9.17) is 0 Å². The minimum Gasteiger partial charge on any atom is -0.468 e. The summed E-state index contributed by atoms with van der Waals surface area (Å²) in [6, 6.07) is 0. The highest BCUT2D eigenvalue weighted by Crippen LogP contribution is 2.38. The van der Waals surface area contributed by atoms with E-state index in [-0.39, 0.29) is 18.5 Å². The van der Waals surface area contributed by atoms with Gasteiger partial charge in [0.1, 0.15) is 5.41 Å². The van der Waals surface area contributed by atoms with Gasteiger partial charge in [0.05, 0.1) is 7.11 Å². The van der Waals surface area contributed by atoms with Crippen LogP contribution in [0.25, 0.3) is 0 Å². The second kappa shape index (κ2) is 4.26. The SMILES string of the molecule is COC(=O)[C@]1(C)CN(C)CCC1=C(F)F. The Kier molecular flexibility index (Phi) is 3.44. The van der Waals surface area contributed by atoms with Crippen LogP contribution in [0.1, 0.15) is 13.3 Å². The highest BCUT2D eigenvalue weighted by molar-refractivity contribution is 5.80. The molecule has 0 aromatic carbocycles. The zero-order valence-electron chi connectivity index (χ0n) is 9.14. The second-order valence-corrected chi connectivity index (χ2v) is 4.05. The molecule has 0 aliphatic carbocycles. The molecule has 0 amide bonds. The molecule has 0 saturated carbocycles. The summed E-state index contributed by atoms with van der Waals surface area (Å²) in [6.07, 6.45) is -1.54. The third-order valence-corrected chi connectivity index (χ3v) is 2.86. The lowest BCUT2D eigenvalue weighted by molar-refractivity contribution is -0.151. The number of rotatable bonds is 1. The normalized spacial score (nSPS) is 27.7. The molecule has 0 aromatic heterocycles. The molecular weight excluding hydrogens is 204 g/mol. The van der Waals surface area contributed by atoms with Crippen LogP contribution in [0, 0.1) is 5.41 Å². The fourth-order valence-corrected chi connectivity index (χ4v) is 2.01. The molecule has 1 saturated heterocycles. The zero-order valence-corrected chi connectivity index (χ0v) is 9.14. The number of likely N-dealkylation sites (tertiary alicyclic amines) is 1. The first-order valence-corrected chi connectivity index (χ1v) is 4.73. The van der Waals surface area contributed by atoms with Gasteiger partial charge in [-0.15, -0.1) is 0 Å². The molecule has 1 atom stereocenters. The Bertz CT molecular complexity index is 300. The van der Waals surface area contributed by atoms with E-state index in [9.17, 15) is 13.6 Å². The van der Waals surface area contributed by atoms with Crippen LogP contribution in [0.4, 0.5) is 8.78 Å². The number of hydrogen-bond donors (Lipinski definition) is 0. The third kappa shape index (κ3) is 2.17. The van der Waals surface area contributed by atoms with Gasteiger partial charge < -0.3 is 9.64 Å². The topological polar surface area (TPSA) is 29.5 Å². The fourth-order valence-electron chi connectivity index (χ4n) is 2.01. The van der Waals surface area contributed by atoms with E-state index in [1.54, 1.807) is 7.05 Å². The quantitative estimate of drug-likeness (QED) is 0.628. The summed E-state index contributed by atoms with van der Waals surface area (Å²) in [5.41, 5.74) is -1.30. The molecule has 0 aromatic rings. The standard InChI is InChI=1S/C10H15F2NO2/c1-10(9(14)15-3)6-13(2)5-4-7(10)8(11)12/h4-6H2,1-3H3/t10-/m1/s1. The lowest BCUT2D eigenvalue weighted by atomic mass is 9.78. The highest BCUT2D eigenvalue weighted by Gasteiger charge is 2.44. The van der Waals surface area contributed by atoms with E-state index < -0.39 is 17.5 Å². The monoisotopic (exact) mass is 219 g/mol. The smallest absolute Gasteiger partial charge is 0.317 e. The molecule has 0 spiro atoms. The van der Waals surface area contributed by atoms with Crippen LogP contribution >= 0.6 is 0 Å². The van der Waals surface area contributed by atoms with Gasteiger partial charge >= 0.3 is 5.97 Å². The number of esters is 1. The van der Waals surface area contributed by atoms with E-state index in [0.29, 0.717) is 6.54 Å². The molecule has 0 radical (unpaired) electrons. The van der Waals surface area contributed by atoms with Gasteiger partial charge in [-0.2, -0.15) is 8.78 Å². The number of carbonyl (C=O) groups excluding carboxylic acids is 1. The molecule has 0 N–H and O–H groups in total. The zero-order chi connectivity index (χ0) is 11.6. The molecule has 3 nitrogen and oxygen atoms in total. The van der Waals surface area contributed by atoms with Crippen molar-refractivity contribution in [3.8, 4) is 0 Å². The lowest BCUT2D eigenvalue weighted by Crippen LogP contribution is -2.46. The first-order valence-electron chi connectivity index (χ1n) is 4.73. The number of halogens is 2. The maximum absolute atomic E-state index is 12.7. The molecule has 5 heteroatoms. The van der Waals surface area contributed by atoms with Crippen molar-refractivity contribution in [1.29, 1.82) is 0 Å². The van der Waals surface area contributed by atoms with Crippen LogP contribution in [0.2, 0.25) is 0 Å². The van der Waals surface area contributed by atoms with E-state index in [0.717, 1.165) is 0 Å². The third-order valence-electron chi connectivity index (χ3n) is 2.86. The molecule has 86 valence electrons. The van der Waals surface area contributed by atoms with Crippen molar-refractivity contribution in [2.24, 2.45) is 5.41 Å². The van der Waals surface area contributed by atoms with E-state index in [1.807, 2.05) is 4.90 Å². The summed E-state index contributed by atoms with van der Waals surface area (Å²) >= 11 is 0. The van der Waals surface area contributed by atoms with Crippen LogP contribution in [-0.2, 0) is 9.53 Å². The molecule has 0 unspecified atom stereocenters. The number of hydrogen-bond acceptors (Lipinski definition) is 3. The van der Waals surface area contributed by atoms with Crippen LogP contribution in [0.15, 0.2) is 11.7 Å². The molecule has 0 bridgehead atoms. The van der Waals surface area contributed by atoms with Gasteiger partial charge in [-0.05, 0) is 20.4 Å². The van der Waals surface area contributed by atoms with Gasteiger partial charge in [-0.3, -0.25) is 4.79 Å². The second-order valence-electron chi connectivity index (χ2n) is 4.05. The first-order chi connectivity index (χ1) is 6.91. The van der Waals surface area contributed by atoms with Crippen LogP contribution in [-0.4, -0.2) is 38.1 Å². The van der Waals surface area contributed by atoms with Crippen LogP contribution < -0.4 is 0 Å². The van der Waals surface area contributed by atoms with E-state index in [1.165, 1.54) is 14.0 Å². The van der Waals surface area contributed by atoms with Crippen molar-refractivity contribution in [1.82, 2.24) is 4.90 Å². The van der Waals surface area contributed by atoms with Crippen molar-refractivity contribution < 1.29 is 18.3 Å². The van der Waals surface area contributed by atoms with Crippen molar-refractivity contribution in [3.05, 3.63) is 11.7 Å². The number of nitrogens with zero attached hydrogens (tertiary/aromatic N) is 1. The Morgan fingerprint density at radius 3 is 2.60 bits per heavy atom.